The van der Waals surface area contributed by atoms with Gasteiger partial charge in [0.15, 0.2) is 0 Å². The molecule has 1 unspecified atom stereocenters. The summed E-state index contributed by atoms with van der Waals surface area (Å²) in [6, 6.07) is 20.5. The van der Waals surface area contributed by atoms with E-state index in [-0.39, 0.29) is 5.38 Å². The Labute approximate surface area is 129 Å². The predicted octanol–water partition coefficient (Wildman–Crippen LogP) is 6.13. The highest BCUT2D eigenvalue weighted by atomic mass is 35.5. The van der Waals surface area contributed by atoms with E-state index in [0.29, 0.717) is 0 Å². The molecule has 0 bridgehead atoms. The van der Waals surface area contributed by atoms with E-state index in [2.05, 4.69) is 30.3 Å². The van der Waals surface area contributed by atoms with E-state index in [1.807, 2.05) is 37.3 Å². The van der Waals surface area contributed by atoms with Crippen LogP contribution in [-0.4, -0.2) is 0 Å². The first-order chi connectivity index (χ1) is 9.65. The van der Waals surface area contributed by atoms with Crippen LogP contribution in [0.2, 0.25) is 5.02 Å². The molecule has 0 radical (unpaired) electrons. The third-order valence-electron chi connectivity index (χ3n) is 3.45. The molecule has 0 N–H and O–H groups in total. The normalized spacial score (nSPS) is 12.6. The number of hydrogen-bond donors (Lipinski definition) is 0. The number of rotatable bonds is 2. The van der Waals surface area contributed by atoms with Crippen LogP contribution in [0, 0.1) is 6.92 Å². The molecule has 3 aromatic carbocycles. The Kier molecular flexibility index (Phi) is 3.69. The molecule has 0 saturated heterocycles. The van der Waals surface area contributed by atoms with Gasteiger partial charge in [-0.25, -0.2) is 0 Å². The van der Waals surface area contributed by atoms with Gasteiger partial charge in [-0.15, -0.1) is 11.6 Å². The quantitative estimate of drug-likeness (QED) is 0.499. The lowest BCUT2D eigenvalue weighted by molar-refractivity contribution is 1.15. The van der Waals surface area contributed by atoms with Gasteiger partial charge in [0.25, 0.3) is 0 Å². The molecule has 3 aromatic rings. The molecule has 0 aliphatic heterocycles. The highest BCUT2D eigenvalue weighted by molar-refractivity contribution is 6.31. The molecular formula is C18H14Cl2. The van der Waals surface area contributed by atoms with E-state index in [0.717, 1.165) is 21.7 Å². The summed E-state index contributed by atoms with van der Waals surface area (Å²) in [6.45, 7) is 2.03. The van der Waals surface area contributed by atoms with Crippen molar-refractivity contribution < 1.29 is 0 Å². The van der Waals surface area contributed by atoms with Gasteiger partial charge in [-0.3, -0.25) is 0 Å². The molecular weight excluding hydrogens is 287 g/mol. The van der Waals surface area contributed by atoms with Gasteiger partial charge in [-0.1, -0.05) is 60.1 Å². The molecule has 3 rings (SSSR count). The fraction of sp³-hybridized carbons (Fsp3) is 0.111. The molecule has 0 nitrogen and oxygen atoms in total. The SMILES string of the molecule is Cc1cc(Cl)cc(C(Cl)c2cccc3ccccc23)c1. The summed E-state index contributed by atoms with van der Waals surface area (Å²) in [5, 5.41) is 2.92. The summed E-state index contributed by atoms with van der Waals surface area (Å²) in [4.78, 5) is 0. The first kappa shape index (κ1) is 13.5. The summed E-state index contributed by atoms with van der Waals surface area (Å²) in [5.74, 6) is 0. The smallest absolute Gasteiger partial charge is 0.0842 e. The standard InChI is InChI=1S/C18H14Cl2/c1-12-9-14(11-15(19)10-12)18(20)17-8-4-6-13-5-2-3-7-16(13)17/h2-11,18H,1H3. The van der Waals surface area contributed by atoms with E-state index in [9.17, 15) is 0 Å². The molecule has 1 atom stereocenters. The summed E-state index contributed by atoms with van der Waals surface area (Å²) in [7, 11) is 0. The van der Waals surface area contributed by atoms with Crippen molar-refractivity contribution in [2.24, 2.45) is 0 Å². The van der Waals surface area contributed by atoms with Crippen LogP contribution in [0.1, 0.15) is 22.1 Å². The van der Waals surface area contributed by atoms with E-state index in [1.165, 1.54) is 10.8 Å². The third-order valence-corrected chi connectivity index (χ3v) is 4.16. The molecule has 0 aromatic heterocycles. The molecule has 2 heteroatoms. The largest absolute Gasteiger partial charge is 0.113 e. The molecule has 0 aliphatic carbocycles. The second-order valence-corrected chi connectivity index (χ2v) is 5.87. The number of alkyl halides is 1. The first-order valence-corrected chi connectivity index (χ1v) is 7.35. The molecule has 20 heavy (non-hydrogen) atoms. The van der Waals surface area contributed by atoms with Crippen LogP contribution in [0.3, 0.4) is 0 Å². The minimum Gasteiger partial charge on any atom is -0.113 e. The Morgan fingerprint density at radius 2 is 1.65 bits per heavy atom. The van der Waals surface area contributed by atoms with Gasteiger partial charge in [0.1, 0.15) is 0 Å². The highest BCUT2D eigenvalue weighted by Gasteiger charge is 2.14. The molecule has 0 aliphatic rings. The predicted molar refractivity (Wildman–Crippen MR) is 87.8 cm³/mol. The maximum Gasteiger partial charge on any atom is 0.0842 e. The van der Waals surface area contributed by atoms with Crippen molar-refractivity contribution in [3.05, 3.63) is 82.4 Å². The molecule has 100 valence electrons. The minimum absolute atomic E-state index is 0.196. The molecule has 0 spiro atoms. The van der Waals surface area contributed by atoms with Crippen molar-refractivity contribution in [1.82, 2.24) is 0 Å². The van der Waals surface area contributed by atoms with E-state index in [1.54, 1.807) is 0 Å². The van der Waals surface area contributed by atoms with E-state index >= 15 is 0 Å². The topological polar surface area (TPSA) is 0 Å². The maximum atomic E-state index is 6.70. The Hall–Kier alpha value is -1.50. The van der Waals surface area contributed by atoms with Crippen LogP contribution >= 0.6 is 23.2 Å². The Morgan fingerprint density at radius 1 is 0.900 bits per heavy atom. The summed E-state index contributed by atoms with van der Waals surface area (Å²) < 4.78 is 0. The Balaban J connectivity index is 2.15. The minimum atomic E-state index is -0.196. The fourth-order valence-electron chi connectivity index (χ4n) is 2.56. The first-order valence-electron chi connectivity index (χ1n) is 6.54. The van der Waals surface area contributed by atoms with E-state index in [4.69, 9.17) is 23.2 Å². The summed E-state index contributed by atoms with van der Waals surface area (Å²) in [5.41, 5.74) is 3.28. The fourth-order valence-corrected chi connectivity index (χ4v) is 3.18. The number of hydrogen-bond acceptors (Lipinski definition) is 0. The Morgan fingerprint density at radius 3 is 2.45 bits per heavy atom. The number of fused-ring (bicyclic) bond motifs is 1. The molecule has 0 amide bonds. The van der Waals surface area contributed by atoms with Crippen LogP contribution < -0.4 is 0 Å². The van der Waals surface area contributed by atoms with Gasteiger partial charge in [0, 0.05) is 5.02 Å². The number of benzene rings is 3. The van der Waals surface area contributed by atoms with Crippen molar-refractivity contribution in [3.63, 3.8) is 0 Å². The molecule has 0 heterocycles. The number of aryl methyl sites for hydroxylation is 1. The third kappa shape index (κ3) is 2.54. The van der Waals surface area contributed by atoms with Crippen molar-refractivity contribution in [2.45, 2.75) is 12.3 Å². The number of halogens is 2. The summed E-state index contributed by atoms with van der Waals surface area (Å²) >= 11 is 12.8. The van der Waals surface area contributed by atoms with Gasteiger partial charge in [-0.2, -0.15) is 0 Å². The van der Waals surface area contributed by atoms with Gasteiger partial charge in [0.2, 0.25) is 0 Å². The lowest BCUT2D eigenvalue weighted by Gasteiger charge is -2.14. The average molecular weight is 301 g/mol. The van der Waals surface area contributed by atoms with Crippen molar-refractivity contribution >= 4 is 34.0 Å². The van der Waals surface area contributed by atoms with Gasteiger partial charge in [0.05, 0.1) is 5.38 Å². The Bertz CT molecular complexity index is 737. The maximum absolute atomic E-state index is 6.70. The van der Waals surface area contributed by atoms with Crippen molar-refractivity contribution in [1.29, 1.82) is 0 Å². The lowest BCUT2D eigenvalue weighted by Crippen LogP contribution is -1.95. The van der Waals surface area contributed by atoms with Crippen molar-refractivity contribution in [2.75, 3.05) is 0 Å². The molecule has 0 fully saturated rings. The zero-order valence-corrected chi connectivity index (χ0v) is 12.6. The summed E-state index contributed by atoms with van der Waals surface area (Å²) in [6.07, 6.45) is 0. The van der Waals surface area contributed by atoms with Crippen LogP contribution in [0.15, 0.2) is 60.7 Å². The van der Waals surface area contributed by atoms with Gasteiger partial charge < -0.3 is 0 Å². The van der Waals surface area contributed by atoms with Crippen LogP contribution in [0.5, 0.6) is 0 Å². The second kappa shape index (κ2) is 5.47. The van der Waals surface area contributed by atoms with Gasteiger partial charge >= 0.3 is 0 Å². The van der Waals surface area contributed by atoms with Crippen molar-refractivity contribution in [3.8, 4) is 0 Å². The average Bonchev–Trinajstić information content (AvgIpc) is 2.45. The second-order valence-electron chi connectivity index (χ2n) is 4.99. The van der Waals surface area contributed by atoms with Gasteiger partial charge in [-0.05, 0) is 46.5 Å². The highest BCUT2D eigenvalue weighted by Crippen LogP contribution is 2.35. The molecule has 0 saturated carbocycles. The van der Waals surface area contributed by atoms with Crippen LogP contribution in [0.4, 0.5) is 0 Å². The lowest BCUT2D eigenvalue weighted by atomic mass is 9.97. The van der Waals surface area contributed by atoms with Crippen LogP contribution in [0.25, 0.3) is 10.8 Å². The van der Waals surface area contributed by atoms with E-state index < -0.39 is 0 Å². The monoisotopic (exact) mass is 300 g/mol. The van der Waals surface area contributed by atoms with Crippen LogP contribution in [-0.2, 0) is 0 Å². The zero-order valence-electron chi connectivity index (χ0n) is 11.1. The zero-order chi connectivity index (χ0) is 14.1.